The molecular formula is C11H14BrN3O4. The minimum absolute atomic E-state index is 0.0888. The van der Waals surface area contributed by atoms with Crippen LogP contribution in [0.4, 0.5) is 5.69 Å². The second kappa shape index (κ2) is 7.70. The van der Waals surface area contributed by atoms with Crippen LogP contribution < -0.4 is 16.0 Å². The molecule has 0 aromatic heterocycles. The molecule has 0 aliphatic heterocycles. The fraction of sp³-hybridized carbons (Fsp3) is 0.364. The summed E-state index contributed by atoms with van der Waals surface area (Å²) in [5.41, 5.74) is 1.94. The molecule has 0 unspecified atom stereocenters. The van der Waals surface area contributed by atoms with Gasteiger partial charge in [-0.25, -0.2) is 5.84 Å². The van der Waals surface area contributed by atoms with E-state index in [1.165, 1.54) is 6.07 Å². The zero-order chi connectivity index (χ0) is 14.3. The number of nitrogens with two attached hydrogens (primary N) is 1. The topological polar surface area (TPSA) is 107 Å². The maximum absolute atomic E-state index is 10.9. The highest BCUT2D eigenvalue weighted by molar-refractivity contribution is 9.10. The summed E-state index contributed by atoms with van der Waals surface area (Å²) in [5, 5.41) is 10.8. The highest BCUT2D eigenvalue weighted by Gasteiger charge is 2.17. The number of nitrogens with zero attached hydrogens (tertiary/aromatic N) is 1. The van der Waals surface area contributed by atoms with Crippen molar-refractivity contribution in [1.29, 1.82) is 0 Å². The van der Waals surface area contributed by atoms with Crippen molar-refractivity contribution < 1.29 is 14.5 Å². The Morgan fingerprint density at radius 1 is 1.47 bits per heavy atom. The van der Waals surface area contributed by atoms with E-state index in [4.69, 9.17) is 10.6 Å². The summed E-state index contributed by atoms with van der Waals surface area (Å²) in [5.74, 6) is 4.90. The van der Waals surface area contributed by atoms with Crippen LogP contribution in [0.25, 0.3) is 0 Å². The van der Waals surface area contributed by atoms with Crippen molar-refractivity contribution in [2.24, 2.45) is 5.84 Å². The molecule has 0 saturated carbocycles. The first-order chi connectivity index (χ1) is 9.06. The molecule has 0 atom stereocenters. The second-order valence-electron chi connectivity index (χ2n) is 3.72. The number of hydrogen-bond acceptors (Lipinski definition) is 5. The molecule has 1 aromatic rings. The fourth-order valence-corrected chi connectivity index (χ4v) is 1.89. The monoisotopic (exact) mass is 331 g/mol. The number of halogens is 1. The molecule has 3 N–H and O–H groups in total. The maximum atomic E-state index is 10.9. The van der Waals surface area contributed by atoms with Crippen LogP contribution in [0.5, 0.6) is 5.75 Å². The van der Waals surface area contributed by atoms with E-state index in [-0.39, 0.29) is 17.3 Å². The van der Waals surface area contributed by atoms with Crippen LogP contribution in [0.2, 0.25) is 0 Å². The van der Waals surface area contributed by atoms with Crippen LogP contribution in [0.3, 0.4) is 0 Å². The van der Waals surface area contributed by atoms with E-state index in [0.29, 0.717) is 30.3 Å². The van der Waals surface area contributed by atoms with Crippen LogP contribution >= 0.6 is 15.9 Å². The third-order valence-electron chi connectivity index (χ3n) is 2.35. The first-order valence-electron chi connectivity index (χ1n) is 5.61. The Morgan fingerprint density at radius 3 is 2.84 bits per heavy atom. The van der Waals surface area contributed by atoms with Crippen molar-refractivity contribution in [3.8, 4) is 5.75 Å². The third kappa shape index (κ3) is 4.84. The lowest BCUT2D eigenvalue weighted by atomic mass is 10.2. The predicted octanol–water partition coefficient (Wildman–Crippen LogP) is 1.90. The molecule has 0 aliphatic carbocycles. The number of nitro benzene ring substituents is 1. The molecule has 19 heavy (non-hydrogen) atoms. The molecule has 0 radical (unpaired) electrons. The van der Waals surface area contributed by atoms with Crippen LogP contribution in [0, 0.1) is 10.1 Å². The Kier molecular flexibility index (Phi) is 6.23. The number of hydrazine groups is 1. The second-order valence-corrected chi connectivity index (χ2v) is 4.57. The number of ether oxygens (including phenoxy) is 1. The number of carbonyl (C=O) groups excluding carboxylic acids is 1. The summed E-state index contributed by atoms with van der Waals surface area (Å²) in [7, 11) is 0. The molecule has 8 heteroatoms. The van der Waals surface area contributed by atoms with Gasteiger partial charge in [-0.15, -0.1) is 0 Å². The molecule has 0 saturated heterocycles. The maximum Gasteiger partial charge on any atom is 0.312 e. The predicted molar refractivity (Wildman–Crippen MR) is 72.5 cm³/mol. The molecule has 1 aromatic carbocycles. The Bertz CT molecular complexity index is 467. The average molecular weight is 332 g/mol. The molecule has 1 amide bonds. The van der Waals surface area contributed by atoms with E-state index in [2.05, 4.69) is 15.9 Å². The van der Waals surface area contributed by atoms with E-state index >= 15 is 0 Å². The highest BCUT2D eigenvalue weighted by atomic mass is 79.9. The zero-order valence-corrected chi connectivity index (χ0v) is 11.7. The molecule has 7 nitrogen and oxygen atoms in total. The Labute approximate surface area is 118 Å². The minimum Gasteiger partial charge on any atom is -0.486 e. The van der Waals surface area contributed by atoms with Crippen molar-refractivity contribution in [3.05, 3.63) is 32.8 Å². The minimum atomic E-state index is -0.498. The number of rotatable bonds is 7. The fourth-order valence-electron chi connectivity index (χ4n) is 1.42. The number of benzene rings is 1. The van der Waals surface area contributed by atoms with Crippen molar-refractivity contribution in [2.45, 2.75) is 19.3 Å². The number of hydrogen-bond donors (Lipinski definition) is 2. The Balaban J connectivity index is 2.49. The standard InChI is InChI=1S/C11H14BrN3O4/c12-8-4-3-5-9(15(17)18)11(8)19-7-2-1-6-10(16)14-13/h3-5H,1-2,6-7,13H2,(H,14,16). The smallest absolute Gasteiger partial charge is 0.312 e. The van der Waals surface area contributed by atoms with Gasteiger partial charge < -0.3 is 4.74 Å². The van der Waals surface area contributed by atoms with Gasteiger partial charge >= 0.3 is 5.69 Å². The van der Waals surface area contributed by atoms with Crippen LogP contribution in [-0.4, -0.2) is 17.4 Å². The summed E-state index contributed by atoms with van der Waals surface area (Å²) >= 11 is 3.21. The molecule has 1 rings (SSSR count). The molecule has 0 spiro atoms. The van der Waals surface area contributed by atoms with Gasteiger partial charge in [-0.2, -0.15) is 0 Å². The number of amides is 1. The van der Waals surface area contributed by atoms with Gasteiger partial charge in [-0.1, -0.05) is 6.07 Å². The average Bonchev–Trinajstić information content (AvgIpc) is 2.39. The Hall–Kier alpha value is -1.67. The van der Waals surface area contributed by atoms with E-state index in [1.54, 1.807) is 12.1 Å². The number of carbonyl (C=O) groups is 1. The highest BCUT2D eigenvalue weighted by Crippen LogP contribution is 2.34. The van der Waals surface area contributed by atoms with Crippen LogP contribution in [0.15, 0.2) is 22.7 Å². The molecular weight excluding hydrogens is 318 g/mol. The summed E-state index contributed by atoms with van der Waals surface area (Å²) < 4.78 is 5.92. The zero-order valence-electron chi connectivity index (χ0n) is 10.1. The Morgan fingerprint density at radius 2 is 2.21 bits per heavy atom. The van der Waals surface area contributed by atoms with Crippen molar-refractivity contribution in [3.63, 3.8) is 0 Å². The van der Waals surface area contributed by atoms with Gasteiger partial charge in [0.05, 0.1) is 16.0 Å². The number of nitro groups is 1. The quantitative estimate of drug-likeness (QED) is 0.261. The van der Waals surface area contributed by atoms with Gasteiger partial charge in [0.2, 0.25) is 11.7 Å². The molecule has 104 valence electrons. The van der Waals surface area contributed by atoms with Crippen LogP contribution in [0.1, 0.15) is 19.3 Å². The first kappa shape index (κ1) is 15.4. The van der Waals surface area contributed by atoms with Crippen molar-refractivity contribution in [1.82, 2.24) is 5.43 Å². The normalized spacial score (nSPS) is 10.0. The summed E-state index contributed by atoms with van der Waals surface area (Å²) in [6.07, 6.45) is 1.51. The number of nitrogens with one attached hydrogen (secondary N) is 1. The van der Waals surface area contributed by atoms with Crippen LogP contribution in [-0.2, 0) is 4.79 Å². The number of para-hydroxylation sites is 1. The van der Waals surface area contributed by atoms with E-state index in [9.17, 15) is 14.9 Å². The molecule has 0 aliphatic rings. The third-order valence-corrected chi connectivity index (χ3v) is 2.97. The lowest BCUT2D eigenvalue weighted by Gasteiger charge is -2.08. The van der Waals surface area contributed by atoms with Gasteiger partial charge in [0.25, 0.3) is 0 Å². The SMILES string of the molecule is NNC(=O)CCCCOc1c(Br)cccc1[N+](=O)[O-]. The lowest BCUT2D eigenvalue weighted by Crippen LogP contribution is -2.29. The molecule has 0 bridgehead atoms. The summed E-state index contributed by atoms with van der Waals surface area (Å²) in [6.45, 7) is 0.293. The number of unbranched alkanes of at least 4 members (excludes halogenated alkanes) is 1. The van der Waals surface area contributed by atoms with Gasteiger partial charge in [-0.3, -0.25) is 20.3 Å². The van der Waals surface area contributed by atoms with E-state index in [1.807, 2.05) is 5.43 Å². The molecule has 0 fully saturated rings. The van der Waals surface area contributed by atoms with Gasteiger partial charge in [0, 0.05) is 12.5 Å². The van der Waals surface area contributed by atoms with Crippen molar-refractivity contribution >= 4 is 27.5 Å². The largest absolute Gasteiger partial charge is 0.486 e. The lowest BCUT2D eigenvalue weighted by molar-refractivity contribution is -0.386. The summed E-state index contributed by atoms with van der Waals surface area (Å²) in [6, 6.07) is 4.62. The van der Waals surface area contributed by atoms with E-state index < -0.39 is 4.92 Å². The van der Waals surface area contributed by atoms with Crippen molar-refractivity contribution in [2.75, 3.05) is 6.61 Å². The van der Waals surface area contributed by atoms with Gasteiger partial charge in [0.15, 0.2) is 0 Å². The first-order valence-corrected chi connectivity index (χ1v) is 6.40. The van der Waals surface area contributed by atoms with Gasteiger partial charge in [-0.05, 0) is 34.8 Å². The van der Waals surface area contributed by atoms with E-state index in [0.717, 1.165) is 0 Å². The summed E-state index contributed by atoms with van der Waals surface area (Å²) in [4.78, 5) is 21.2. The van der Waals surface area contributed by atoms with Gasteiger partial charge in [0.1, 0.15) is 0 Å². The molecule has 0 heterocycles.